The number of aryl methyl sites for hydroxylation is 2. The van der Waals surface area contributed by atoms with E-state index in [9.17, 15) is 4.79 Å². The lowest BCUT2D eigenvalue weighted by molar-refractivity contribution is -0.123. The summed E-state index contributed by atoms with van der Waals surface area (Å²) in [5, 5.41) is 6.08. The van der Waals surface area contributed by atoms with Gasteiger partial charge in [0.25, 0.3) is 5.91 Å². The molecule has 0 saturated carbocycles. The Labute approximate surface area is 115 Å². The highest BCUT2D eigenvalue weighted by Crippen LogP contribution is 2.18. The van der Waals surface area contributed by atoms with Crippen molar-refractivity contribution < 1.29 is 9.53 Å². The first-order valence-corrected chi connectivity index (χ1v) is 6.73. The van der Waals surface area contributed by atoms with Crippen molar-refractivity contribution in [2.75, 3.05) is 19.7 Å². The highest BCUT2D eigenvalue weighted by Gasteiger charge is 2.06. The highest BCUT2D eigenvalue weighted by molar-refractivity contribution is 5.77. The van der Waals surface area contributed by atoms with Crippen molar-refractivity contribution in [1.29, 1.82) is 0 Å². The van der Waals surface area contributed by atoms with E-state index >= 15 is 0 Å². The van der Waals surface area contributed by atoms with Crippen molar-refractivity contribution in [3.05, 3.63) is 29.3 Å². The zero-order valence-corrected chi connectivity index (χ0v) is 12.2. The van der Waals surface area contributed by atoms with Crippen molar-refractivity contribution in [3.8, 4) is 5.75 Å². The summed E-state index contributed by atoms with van der Waals surface area (Å²) >= 11 is 0. The minimum atomic E-state index is -0.0920. The molecule has 4 heteroatoms. The van der Waals surface area contributed by atoms with E-state index in [1.807, 2.05) is 45.9 Å². The molecular formula is C15H24N2O2. The summed E-state index contributed by atoms with van der Waals surface area (Å²) in [5.41, 5.74) is 2.17. The number of ether oxygens (including phenoxy) is 1. The second-order valence-electron chi connectivity index (χ2n) is 4.82. The summed E-state index contributed by atoms with van der Waals surface area (Å²) in [6, 6.07) is 6.25. The van der Waals surface area contributed by atoms with Crippen molar-refractivity contribution in [1.82, 2.24) is 10.6 Å². The lowest BCUT2D eigenvalue weighted by Gasteiger charge is -2.14. The lowest BCUT2D eigenvalue weighted by atomic mass is 10.1. The van der Waals surface area contributed by atoms with Gasteiger partial charge in [0.1, 0.15) is 5.75 Å². The first-order valence-electron chi connectivity index (χ1n) is 6.73. The third-order valence-corrected chi connectivity index (χ3v) is 2.86. The maximum absolute atomic E-state index is 11.7. The van der Waals surface area contributed by atoms with E-state index in [4.69, 9.17) is 4.74 Å². The van der Waals surface area contributed by atoms with Gasteiger partial charge in [0.15, 0.2) is 6.61 Å². The molecule has 1 rings (SSSR count). The zero-order valence-electron chi connectivity index (χ0n) is 12.2. The van der Waals surface area contributed by atoms with E-state index in [0.29, 0.717) is 6.54 Å². The minimum absolute atomic E-state index is 0.0587. The van der Waals surface area contributed by atoms with Crippen LogP contribution >= 0.6 is 0 Å². The normalized spacial score (nSPS) is 12.0. The average molecular weight is 264 g/mol. The van der Waals surface area contributed by atoms with Gasteiger partial charge in [-0.15, -0.1) is 0 Å². The number of hydrogen-bond acceptors (Lipinski definition) is 3. The first kappa shape index (κ1) is 15.5. The van der Waals surface area contributed by atoms with E-state index in [2.05, 4.69) is 10.6 Å². The predicted molar refractivity (Wildman–Crippen MR) is 77.6 cm³/mol. The van der Waals surface area contributed by atoms with E-state index < -0.39 is 0 Å². The molecule has 0 heterocycles. The predicted octanol–water partition coefficient (Wildman–Crippen LogP) is 1.80. The lowest BCUT2D eigenvalue weighted by Crippen LogP contribution is -2.40. The minimum Gasteiger partial charge on any atom is -0.483 e. The molecule has 0 spiro atoms. The summed E-state index contributed by atoms with van der Waals surface area (Å²) in [7, 11) is 0. The van der Waals surface area contributed by atoms with Crippen LogP contribution in [0.5, 0.6) is 5.75 Å². The Morgan fingerprint density at radius 2 is 2.11 bits per heavy atom. The highest BCUT2D eigenvalue weighted by atomic mass is 16.5. The SMILES string of the molecule is CCN[C@H](C)CNC(=O)COc1cc(C)ccc1C. The third-order valence-electron chi connectivity index (χ3n) is 2.86. The Kier molecular flexibility index (Phi) is 6.36. The van der Waals surface area contributed by atoms with Crippen LogP contribution in [0.3, 0.4) is 0 Å². The number of benzene rings is 1. The van der Waals surface area contributed by atoms with Gasteiger partial charge in [0.05, 0.1) is 0 Å². The Balaban J connectivity index is 2.35. The molecule has 0 aliphatic rings. The van der Waals surface area contributed by atoms with E-state index in [0.717, 1.165) is 23.4 Å². The number of likely N-dealkylation sites (N-methyl/N-ethyl adjacent to an activating group) is 1. The van der Waals surface area contributed by atoms with Crippen molar-refractivity contribution in [2.24, 2.45) is 0 Å². The van der Waals surface area contributed by atoms with Gasteiger partial charge >= 0.3 is 0 Å². The van der Waals surface area contributed by atoms with Crippen LogP contribution in [-0.2, 0) is 4.79 Å². The largest absolute Gasteiger partial charge is 0.483 e. The molecule has 0 saturated heterocycles. The van der Waals surface area contributed by atoms with Crippen molar-refractivity contribution in [3.63, 3.8) is 0 Å². The quantitative estimate of drug-likeness (QED) is 0.789. The van der Waals surface area contributed by atoms with E-state index in [-0.39, 0.29) is 18.6 Å². The molecule has 0 bridgehead atoms. The molecule has 0 aliphatic carbocycles. The van der Waals surface area contributed by atoms with Crippen LogP contribution in [0.1, 0.15) is 25.0 Å². The molecule has 0 unspecified atom stereocenters. The van der Waals surface area contributed by atoms with E-state index in [1.165, 1.54) is 0 Å². The average Bonchev–Trinajstić information content (AvgIpc) is 2.38. The molecule has 1 atom stereocenters. The number of carbonyl (C=O) groups excluding carboxylic acids is 1. The Morgan fingerprint density at radius 3 is 2.79 bits per heavy atom. The Morgan fingerprint density at radius 1 is 1.37 bits per heavy atom. The molecule has 106 valence electrons. The van der Waals surface area contributed by atoms with Gasteiger partial charge in [-0.1, -0.05) is 19.1 Å². The fourth-order valence-electron chi connectivity index (χ4n) is 1.74. The summed E-state index contributed by atoms with van der Waals surface area (Å²) in [4.78, 5) is 11.7. The first-order chi connectivity index (χ1) is 9.02. The van der Waals surface area contributed by atoms with E-state index in [1.54, 1.807) is 0 Å². The van der Waals surface area contributed by atoms with Crippen molar-refractivity contribution in [2.45, 2.75) is 33.7 Å². The van der Waals surface area contributed by atoms with Crippen LogP contribution in [0.2, 0.25) is 0 Å². The number of nitrogens with one attached hydrogen (secondary N) is 2. The molecule has 0 radical (unpaired) electrons. The Bertz CT molecular complexity index is 419. The van der Waals surface area contributed by atoms with Crippen LogP contribution in [0.25, 0.3) is 0 Å². The second-order valence-corrected chi connectivity index (χ2v) is 4.82. The van der Waals surface area contributed by atoms with Gasteiger partial charge in [-0.25, -0.2) is 0 Å². The number of rotatable bonds is 7. The molecule has 2 N–H and O–H groups in total. The fourth-order valence-corrected chi connectivity index (χ4v) is 1.74. The van der Waals surface area contributed by atoms with Gasteiger partial charge in [0.2, 0.25) is 0 Å². The maximum Gasteiger partial charge on any atom is 0.257 e. The van der Waals surface area contributed by atoms with Crippen LogP contribution in [-0.4, -0.2) is 31.6 Å². The van der Waals surface area contributed by atoms with Gasteiger partial charge in [-0.3, -0.25) is 4.79 Å². The standard InChI is InChI=1S/C15H24N2O2/c1-5-16-13(4)9-17-15(18)10-19-14-8-11(2)6-7-12(14)3/h6-8,13,16H,5,9-10H2,1-4H3,(H,17,18)/t13-/m1/s1. The van der Waals surface area contributed by atoms with Crippen LogP contribution in [0, 0.1) is 13.8 Å². The summed E-state index contributed by atoms with van der Waals surface area (Å²) < 4.78 is 5.54. The molecule has 4 nitrogen and oxygen atoms in total. The van der Waals surface area contributed by atoms with Crippen molar-refractivity contribution >= 4 is 5.91 Å². The maximum atomic E-state index is 11.7. The number of carbonyl (C=O) groups is 1. The van der Waals surface area contributed by atoms with Gasteiger partial charge < -0.3 is 15.4 Å². The molecule has 1 amide bonds. The summed E-state index contributed by atoms with van der Waals surface area (Å²) in [6.45, 7) is 9.63. The third kappa shape index (κ3) is 5.75. The summed E-state index contributed by atoms with van der Waals surface area (Å²) in [6.07, 6.45) is 0. The summed E-state index contributed by atoms with van der Waals surface area (Å²) in [5.74, 6) is 0.681. The van der Waals surface area contributed by atoms with Gasteiger partial charge in [-0.2, -0.15) is 0 Å². The molecule has 0 aliphatic heterocycles. The molecule has 1 aromatic rings. The molecule has 19 heavy (non-hydrogen) atoms. The van der Waals surface area contributed by atoms with Crippen LogP contribution in [0.4, 0.5) is 0 Å². The fraction of sp³-hybridized carbons (Fsp3) is 0.533. The smallest absolute Gasteiger partial charge is 0.257 e. The second kappa shape index (κ2) is 7.79. The zero-order chi connectivity index (χ0) is 14.3. The molecular weight excluding hydrogens is 240 g/mol. The topological polar surface area (TPSA) is 50.4 Å². The van der Waals surface area contributed by atoms with Gasteiger partial charge in [0, 0.05) is 12.6 Å². The molecule has 0 aromatic heterocycles. The molecule has 1 aromatic carbocycles. The monoisotopic (exact) mass is 264 g/mol. The van der Waals surface area contributed by atoms with Crippen LogP contribution in [0.15, 0.2) is 18.2 Å². The van der Waals surface area contributed by atoms with Crippen LogP contribution < -0.4 is 15.4 Å². The number of hydrogen-bond donors (Lipinski definition) is 2. The number of amides is 1. The Hall–Kier alpha value is -1.55. The van der Waals surface area contributed by atoms with Gasteiger partial charge in [-0.05, 0) is 44.5 Å². The molecule has 0 fully saturated rings.